The Morgan fingerprint density at radius 1 is 0.769 bits per heavy atom. The molecule has 0 amide bonds. The molecule has 52 heavy (non-hydrogen) atoms. The Bertz CT molecular complexity index is 3170. The van der Waals surface area contributed by atoms with Gasteiger partial charge in [0, 0.05) is 24.2 Å². The highest BCUT2D eigenvalue weighted by molar-refractivity contribution is 7.07. The molecule has 6 aliphatic carbocycles. The first kappa shape index (κ1) is 26.7. The van der Waals surface area contributed by atoms with E-state index >= 15 is 0 Å². The van der Waals surface area contributed by atoms with E-state index in [4.69, 9.17) is 4.74 Å². The highest BCUT2D eigenvalue weighted by atomic mass is 32.1. The average molecular weight is 685 g/mol. The molecule has 6 aliphatic rings. The Morgan fingerprint density at radius 3 is 2.35 bits per heavy atom. The van der Waals surface area contributed by atoms with Crippen molar-refractivity contribution >= 4 is 87.5 Å². The summed E-state index contributed by atoms with van der Waals surface area (Å²) in [7, 11) is 0. The summed E-state index contributed by atoms with van der Waals surface area (Å²) >= 11 is 1.70. The molecular weight excluding hydrogens is 653 g/mol. The minimum Gasteiger partial charge on any atom is -0.465 e. The highest BCUT2D eigenvalue weighted by Gasteiger charge is 2.72. The summed E-state index contributed by atoms with van der Waals surface area (Å²) in [6.45, 7) is 0.467. The highest BCUT2D eigenvalue weighted by Crippen LogP contribution is 2.80. The third-order valence-corrected chi connectivity index (χ3v) is 16.0. The SMILES string of the molecule is O=C(CCCC1(c2ccccc2)C2c3cc4c5c6c3C3c7c8c9c(cc%10ccc%11cc(c5c5c%11c%10c9c5c76)C4)CC8=CC3C21)OCCc1ccsc1. The lowest BCUT2D eigenvalue weighted by Gasteiger charge is -2.35. The summed E-state index contributed by atoms with van der Waals surface area (Å²) in [5.74, 6) is 1.84. The van der Waals surface area contributed by atoms with Gasteiger partial charge in [-0.2, -0.15) is 11.3 Å². The van der Waals surface area contributed by atoms with Gasteiger partial charge < -0.3 is 4.74 Å². The zero-order valence-electron chi connectivity index (χ0n) is 28.6. The average Bonchev–Trinajstić information content (AvgIpc) is 3.78. The number of esters is 1. The molecule has 5 atom stereocenters. The van der Waals surface area contributed by atoms with Gasteiger partial charge in [0.25, 0.3) is 0 Å². The van der Waals surface area contributed by atoms with Crippen LogP contribution in [0.4, 0.5) is 0 Å². The lowest BCUT2D eigenvalue weighted by molar-refractivity contribution is -0.143. The van der Waals surface area contributed by atoms with E-state index in [1.165, 1.54) is 38.2 Å². The van der Waals surface area contributed by atoms with Gasteiger partial charge in [-0.15, -0.1) is 0 Å². The fourth-order valence-corrected chi connectivity index (χ4v) is 14.5. The van der Waals surface area contributed by atoms with E-state index in [2.05, 4.69) is 83.6 Å². The normalized spacial score (nSPS) is 25.0. The fourth-order valence-electron chi connectivity index (χ4n) is 13.8. The van der Waals surface area contributed by atoms with Crippen molar-refractivity contribution in [3.8, 4) is 0 Å². The van der Waals surface area contributed by atoms with E-state index in [0.29, 0.717) is 36.7 Å². The Labute approximate surface area is 303 Å². The van der Waals surface area contributed by atoms with E-state index in [1.807, 2.05) is 0 Å². The van der Waals surface area contributed by atoms with Gasteiger partial charge in [-0.3, -0.25) is 4.79 Å². The van der Waals surface area contributed by atoms with Gasteiger partial charge >= 0.3 is 5.97 Å². The number of carbonyl (C=O) groups excluding carboxylic acids is 1. The Morgan fingerprint density at radius 2 is 1.52 bits per heavy atom. The molecule has 15 rings (SSSR count). The van der Waals surface area contributed by atoms with Crippen molar-refractivity contribution in [1.82, 2.24) is 0 Å². The molecule has 0 saturated heterocycles. The minimum atomic E-state index is -0.0502. The molecule has 0 bridgehead atoms. The number of thiophene rings is 1. The molecule has 0 aliphatic heterocycles. The first-order chi connectivity index (χ1) is 25.7. The zero-order chi connectivity index (χ0) is 33.4. The van der Waals surface area contributed by atoms with Crippen LogP contribution in [0.2, 0.25) is 0 Å². The number of ether oxygens (including phenoxy) is 1. The van der Waals surface area contributed by atoms with Gasteiger partial charge in [0.1, 0.15) is 0 Å². The number of hydrogen-bond acceptors (Lipinski definition) is 3. The minimum absolute atomic E-state index is 0.0184. The maximum absolute atomic E-state index is 13.1. The molecule has 8 aromatic carbocycles. The predicted octanol–water partition coefficient (Wildman–Crippen LogP) is 11.5. The summed E-state index contributed by atoms with van der Waals surface area (Å²) in [5, 5.41) is 22.9. The third kappa shape index (κ3) is 2.69. The maximum atomic E-state index is 13.1. The number of fused-ring (bicyclic) bond motifs is 3. The first-order valence-electron chi connectivity index (χ1n) is 19.4. The molecule has 246 valence electrons. The van der Waals surface area contributed by atoms with Crippen LogP contribution in [0.5, 0.6) is 0 Å². The van der Waals surface area contributed by atoms with Crippen LogP contribution in [-0.4, -0.2) is 12.6 Å². The monoisotopic (exact) mass is 684 g/mol. The largest absolute Gasteiger partial charge is 0.465 e. The number of carbonyl (C=O) groups is 1. The summed E-state index contributed by atoms with van der Waals surface area (Å²) in [6, 6.07) is 26.2. The van der Waals surface area contributed by atoms with E-state index in [-0.39, 0.29) is 11.4 Å². The zero-order valence-corrected chi connectivity index (χ0v) is 29.4. The van der Waals surface area contributed by atoms with Crippen molar-refractivity contribution in [2.75, 3.05) is 6.61 Å². The van der Waals surface area contributed by atoms with Gasteiger partial charge in [-0.25, -0.2) is 0 Å². The van der Waals surface area contributed by atoms with Crippen LogP contribution in [0, 0.1) is 11.8 Å². The molecule has 3 heteroatoms. The van der Waals surface area contributed by atoms with Crippen LogP contribution in [0.25, 0.3) is 70.2 Å². The second kappa shape index (κ2) is 8.45. The van der Waals surface area contributed by atoms with Gasteiger partial charge in [0.2, 0.25) is 0 Å². The Hall–Kier alpha value is -4.99. The first-order valence-corrected chi connectivity index (χ1v) is 20.4. The van der Waals surface area contributed by atoms with Crippen molar-refractivity contribution in [2.24, 2.45) is 11.8 Å². The molecule has 0 spiro atoms. The number of rotatable bonds is 8. The Balaban J connectivity index is 0.955. The molecule has 2 nitrogen and oxygen atoms in total. The molecular formula is C49H32O2S. The Kier molecular flexibility index (Phi) is 4.35. The van der Waals surface area contributed by atoms with Crippen LogP contribution in [0.15, 0.2) is 83.6 Å². The summed E-state index contributed by atoms with van der Waals surface area (Å²) in [6.07, 6.45) is 8.05. The lowest BCUT2D eigenvalue weighted by atomic mass is 9.68. The molecule has 1 aromatic heterocycles. The van der Waals surface area contributed by atoms with Gasteiger partial charge in [-0.1, -0.05) is 66.7 Å². The molecule has 1 heterocycles. The molecule has 1 fully saturated rings. The van der Waals surface area contributed by atoms with Crippen molar-refractivity contribution in [2.45, 2.75) is 55.8 Å². The smallest absolute Gasteiger partial charge is 0.305 e. The van der Waals surface area contributed by atoms with Gasteiger partial charge in [0.15, 0.2) is 0 Å². The van der Waals surface area contributed by atoms with Gasteiger partial charge in [0.05, 0.1) is 6.61 Å². The standard InChI is InChI=1S/C49H32O2S/c50-32(51-13-10-22-11-14-52-21-22)7-4-12-49(29-5-2-1-3-6-29)47-30-19-27-17-25-15-23-8-9-24-16-26-18-28-20-31(48(47)49)40-39(30)43-37(27)35(25)41-33(23)34(24)42-36(26)38(28)44(40)46(43)45(41)42/h1-3,5-6,8-9,11,14-16,19-21,30,39,47-48H,4,7,10,12-13,17-18H2. The summed E-state index contributed by atoms with van der Waals surface area (Å²) < 4.78 is 5.78. The van der Waals surface area contributed by atoms with Crippen LogP contribution in [0.1, 0.15) is 81.2 Å². The van der Waals surface area contributed by atoms with Crippen LogP contribution in [-0.2, 0) is 34.2 Å². The number of benzene rings is 7. The van der Waals surface area contributed by atoms with Crippen molar-refractivity contribution < 1.29 is 9.53 Å². The maximum Gasteiger partial charge on any atom is 0.305 e. The molecule has 9 aromatic rings. The van der Waals surface area contributed by atoms with Crippen molar-refractivity contribution in [3.05, 3.63) is 134 Å². The summed E-state index contributed by atoms with van der Waals surface area (Å²) in [4.78, 5) is 13.1. The summed E-state index contributed by atoms with van der Waals surface area (Å²) in [5.41, 5.74) is 15.6. The third-order valence-electron chi connectivity index (χ3n) is 15.2. The van der Waals surface area contributed by atoms with Crippen LogP contribution >= 0.6 is 11.3 Å². The van der Waals surface area contributed by atoms with Crippen molar-refractivity contribution in [1.29, 1.82) is 0 Å². The second-order valence-corrected chi connectivity index (χ2v) is 17.9. The van der Waals surface area contributed by atoms with Crippen LogP contribution < -0.4 is 0 Å². The van der Waals surface area contributed by atoms with E-state index < -0.39 is 0 Å². The van der Waals surface area contributed by atoms with Gasteiger partial charge in [-0.05, 0) is 181 Å². The topological polar surface area (TPSA) is 26.3 Å². The van der Waals surface area contributed by atoms with Crippen molar-refractivity contribution in [3.63, 3.8) is 0 Å². The van der Waals surface area contributed by atoms with E-state index in [1.54, 1.807) is 93.4 Å². The lowest BCUT2D eigenvalue weighted by Crippen LogP contribution is -2.24. The quantitative estimate of drug-likeness (QED) is 0.118. The number of hydrogen-bond donors (Lipinski definition) is 0. The molecule has 1 saturated carbocycles. The van der Waals surface area contributed by atoms with Crippen LogP contribution in [0.3, 0.4) is 0 Å². The second-order valence-electron chi connectivity index (χ2n) is 17.1. The van der Waals surface area contributed by atoms with E-state index in [0.717, 1.165) is 32.1 Å². The molecule has 0 N–H and O–H groups in total. The fraction of sp³-hybridized carbons (Fsp3) is 0.245. The van der Waals surface area contributed by atoms with E-state index in [9.17, 15) is 4.79 Å². The molecule has 5 unspecified atom stereocenters. The predicted molar refractivity (Wildman–Crippen MR) is 212 cm³/mol. The molecule has 0 radical (unpaired) electrons. The number of allylic oxidation sites excluding steroid dienone is 2.